The Bertz CT molecular complexity index is 1040. The predicted octanol–water partition coefficient (Wildman–Crippen LogP) is 3.71. The van der Waals surface area contributed by atoms with Gasteiger partial charge in [-0.15, -0.1) is 0 Å². The molecule has 0 aliphatic rings. The van der Waals surface area contributed by atoms with Crippen LogP contribution in [0.3, 0.4) is 0 Å². The van der Waals surface area contributed by atoms with E-state index in [9.17, 15) is 14.7 Å². The van der Waals surface area contributed by atoms with E-state index < -0.39 is 5.97 Å². The van der Waals surface area contributed by atoms with Crippen LogP contribution in [0.25, 0.3) is 10.9 Å². The highest BCUT2D eigenvalue weighted by Gasteiger charge is 2.12. The maximum atomic E-state index is 12.2. The fourth-order valence-electron chi connectivity index (χ4n) is 3.23. The number of hydrogen-bond acceptors (Lipinski definition) is 3. The number of aromatic nitrogens is 1. The topological polar surface area (TPSA) is 80.6 Å². The second kappa shape index (κ2) is 8.82. The number of carboxylic acid groups (broad SMARTS) is 1. The maximum absolute atomic E-state index is 12.2. The van der Waals surface area contributed by atoms with E-state index in [2.05, 4.69) is 23.7 Å². The monoisotopic (exact) mass is 394 g/mol. The van der Waals surface area contributed by atoms with Gasteiger partial charge in [0.15, 0.2) is 0 Å². The number of nitrogens with one attached hydrogen (secondary N) is 1. The zero-order valence-corrected chi connectivity index (χ0v) is 16.9. The quantitative estimate of drug-likeness (QED) is 0.610. The zero-order chi connectivity index (χ0) is 21.0. The van der Waals surface area contributed by atoms with E-state index >= 15 is 0 Å². The molecule has 3 aromatic rings. The molecule has 0 radical (unpaired) electrons. The van der Waals surface area contributed by atoms with Crippen LogP contribution in [-0.2, 0) is 17.8 Å². The molecule has 152 valence electrons. The van der Waals surface area contributed by atoms with Gasteiger partial charge < -0.3 is 19.7 Å². The molecule has 2 N–H and O–H groups in total. The van der Waals surface area contributed by atoms with Crippen molar-refractivity contribution in [2.24, 2.45) is 5.92 Å². The third kappa shape index (κ3) is 4.96. The van der Waals surface area contributed by atoms with Crippen molar-refractivity contribution < 1.29 is 19.4 Å². The molecule has 1 heterocycles. The number of carbonyl (C=O) groups is 2. The Morgan fingerprint density at radius 3 is 2.62 bits per heavy atom. The van der Waals surface area contributed by atoms with Crippen LogP contribution in [0.1, 0.15) is 35.3 Å². The van der Waals surface area contributed by atoms with Crippen molar-refractivity contribution in [2.75, 3.05) is 13.7 Å². The number of carbonyl (C=O) groups excluding carboxylic acids is 1. The van der Waals surface area contributed by atoms with E-state index in [0.717, 1.165) is 22.0 Å². The van der Waals surface area contributed by atoms with E-state index in [1.807, 2.05) is 30.5 Å². The fraction of sp³-hybridized carbons (Fsp3) is 0.304. The summed E-state index contributed by atoms with van der Waals surface area (Å²) in [6, 6.07) is 12.9. The number of fused-ring (bicyclic) bond motifs is 1. The number of methoxy groups -OCH3 is 1. The Kier molecular flexibility index (Phi) is 6.22. The SMILES string of the molecule is COc1cc(C(=O)O)ccc1Cn1ccc2ccc(CC(=O)NCC(C)C)cc21. The highest BCUT2D eigenvalue weighted by molar-refractivity contribution is 5.88. The van der Waals surface area contributed by atoms with Gasteiger partial charge in [-0.1, -0.05) is 32.0 Å². The van der Waals surface area contributed by atoms with Gasteiger partial charge in [0.2, 0.25) is 5.91 Å². The van der Waals surface area contributed by atoms with Gasteiger partial charge in [0, 0.05) is 23.8 Å². The Hall–Kier alpha value is -3.28. The van der Waals surface area contributed by atoms with Gasteiger partial charge in [-0.2, -0.15) is 0 Å². The van der Waals surface area contributed by atoms with Crippen molar-refractivity contribution in [1.82, 2.24) is 9.88 Å². The van der Waals surface area contributed by atoms with Gasteiger partial charge in [0.1, 0.15) is 5.75 Å². The Morgan fingerprint density at radius 2 is 1.93 bits per heavy atom. The van der Waals surface area contributed by atoms with Gasteiger partial charge in [0.25, 0.3) is 0 Å². The Morgan fingerprint density at radius 1 is 1.14 bits per heavy atom. The van der Waals surface area contributed by atoms with Crippen LogP contribution in [0.5, 0.6) is 5.75 Å². The normalized spacial score (nSPS) is 11.0. The van der Waals surface area contributed by atoms with Crippen LogP contribution >= 0.6 is 0 Å². The lowest BCUT2D eigenvalue weighted by atomic mass is 10.1. The molecule has 0 unspecified atom stereocenters. The van der Waals surface area contributed by atoms with E-state index in [1.165, 1.54) is 13.2 Å². The smallest absolute Gasteiger partial charge is 0.335 e. The summed E-state index contributed by atoms with van der Waals surface area (Å²) in [4.78, 5) is 23.3. The Labute approximate surface area is 170 Å². The number of carboxylic acids is 1. The lowest BCUT2D eigenvalue weighted by Gasteiger charge is -2.12. The average molecular weight is 394 g/mol. The van der Waals surface area contributed by atoms with Gasteiger partial charge in [-0.3, -0.25) is 4.79 Å². The summed E-state index contributed by atoms with van der Waals surface area (Å²) in [5.74, 6) is -0.0131. The van der Waals surface area contributed by atoms with Crippen molar-refractivity contribution in [3.63, 3.8) is 0 Å². The number of rotatable bonds is 8. The highest BCUT2D eigenvalue weighted by atomic mass is 16.5. The van der Waals surface area contributed by atoms with Crippen LogP contribution < -0.4 is 10.1 Å². The number of ether oxygens (including phenoxy) is 1. The minimum Gasteiger partial charge on any atom is -0.496 e. The second-order valence-electron chi connectivity index (χ2n) is 7.54. The molecule has 2 aromatic carbocycles. The summed E-state index contributed by atoms with van der Waals surface area (Å²) in [6.45, 7) is 5.34. The molecular formula is C23H26N2O4. The van der Waals surface area contributed by atoms with E-state index in [4.69, 9.17) is 4.74 Å². The number of hydrogen-bond donors (Lipinski definition) is 2. The van der Waals surface area contributed by atoms with Crippen LogP contribution in [0, 0.1) is 5.92 Å². The van der Waals surface area contributed by atoms with E-state index in [-0.39, 0.29) is 11.5 Å². The maximum Gasteiger partial charge on any atom is 0.335 e. The molecule has 0 aliphatic carbocycles. The number of nitrogens with zero attached hydrogens (tertiary/aromatic N) is 1. The van der Waals surface area contributed by atoms with Crippen LogP contribution in [-0.4, -0.2) is 35.2 Å². The minimum absolute atomic E-state index is 0.0158. The number of amides is 1. The first-order valence-electron chi connectivity index (χ1n) is 9.62. The van der Waals surface area contributed by atoms with Crippen molar-refractivity contribution in [3.05, 3.63) is 65.4 Å². The highest BCUT2D eigenvalue weighted by Crippen LogP contribution is 2.25. The summed E-state index contributed by atoms with van der Waals surface area (Å²) in [7, 11) is 1.53. The lowest BCUT2D eigenvalue weighted by Crippen LogP contribution is -2.28. The molecule has 0 atom stereocenters. The third-order valence-corrected chi connectivity index (χ3v) is 4.79. The molecule has 0 saturated carbocycles. The summed E-state index contributed by atoms with van der Waals surface area (Å²) < 4.78 is 7.46. The van der Waals surface area contributed by atoms with Crippen molar-refractivity contribution >= 4 is 22.8 Å². The molecule has 3 rings (SSSR count). The lowest BCUT2D eigenvalue weighted by molar-refractivity contribution is -0.120. The van der Waals surface area contributed by atoms with Gasteiger partial charge in [-0.05, 0) is 41.1 Å². The molecule has 1 amide bonds. The third-order valence-electron chi connectivity index (χ3n) is 4.79. The minimum atomic E-state index is -0.985. The van der Waals surface area contributed by atoms with E-state index in [0.29, 0.717) is 31.2 Å². The van der Waals surface area contributed by atoms with Gasteiger partial charge >= 0.3 is 5.97 Å². The summed E-state index contributed by atoms with van der Waals surface area (Å²) in [6.07, 6.45) is 2.32. The first kappa shape index (κ1) is 20.5. The first-order valence-corrected chi connectivity index (χ1v) is 9.62. The first-order chi connectivity index (χ1) is 13.9. The molecule has 1 aromatic heterocycles. The summed E-state index contributed by atoms with van der Waals surface area (Å²) in [5, 5.41) is 13.2. The van der Waals surface area contributed by atoms with Crippen LogP contribution in [0.15, 0.2) is 48.7 Å². The molecule has 0 spiro atoms. The van der Waals surface area contributed by atoms with Crippen molar-refractivity contribution in [2.45, 2.75) is 26.8 Å². The summed E-state index contributed by atoms with van der Waals surface area (Å²) >= 11 is 0. The van der Waals surface area contributed by atoms with E-state index in [1.54, 1.807) is 12.1 Å². The molecule has 6 nitrogen and oxygen atoms in total. The molecule has 0 bridgehead atoms. The molecule has 6 heteroatoms. The number of benzene rings is 2. The molecule has 0 saturated heterocycles. The Balaban J connectivity index is 1.83. The van der Waals surface area contributed by atoms with Gasteiger partial charge in [0.05, 0.1) is 25.6 Å². The van der Waals surface area contributed by atoms with Gasteiger partial charge in [-0.25, -0.2) is 4.79 Å². The molecule has 0 fully saturated rings. The second-order valence-corrected chi connectivity index (χ2v) is 7.54. The van der Waals surface area contributed by atoms with Crippen molar-refractivity contribution in [3.8, 4) is 5.75 Å². The number of aromatic carboxylic acids is 1. The fourth-order valence-corrected chi connectivity index (χ4v) is 3.23. The molecule has 29 heavy (non-hydrogen) atoms. The largest absolute Gasteiger partial charge is 0.496 e. The summed E-state index contributed by atoms with van der Waals surface area (Å²) in [5.41, 5.74) is 3.04. The molecular weight excluding hydrogens is 368 g/mol. The predicted molar refractivity (Wildman–Crippen MR) is 113 cm³/mol. The average Bonchev–Trinajstić information content (AvgIpc) is 3.08. The standard InChI is InChI=1S/C23H26N2O4/c1-15(2)13-24-22(26)11-16-4-5-17-8-9-25(20(17)10-16)14-19-7-6-18(23(27)28)12-21(19)29-3/h4-10,12,15H,11,13-14H2,1-3H3,(H,24,26)(H,27,28). The van der Waals surface area contributed by atoms with Crippen LogP contribution in [0.2, 0.25) is 0 Å². The molecule has 0 aliphatic heterocycles. The van der Waals surface area contributed by atoms with Crippen molar-refractivity contribution in [1.29, 1.82) is 0 Å². The van der Waals surface area contributed by atoms with Crippen LogP contribution in [0.4, 0.5) is 0 Å². The zero-order valence-electron chi connectivity index (χ0n) is 16.9.